The lowest BCUT2D eigenvalue weighted by atomic mass is 10.2. The van der Waals surface area contributed by atoms with Gasteiger partial charge in [0.05, 0.1) is 42.0 Å². The van der Waals surface area contributed by atoms with Gasteiger partial charge in [0.25, 0.3) is 5.91 Å². The van der Waals surface area contributed by atoms with Crippen molar-refractivity contribution in [1.29, 1.82) is 5.26 Å². The van der Waals surface area contributed by atoms with Crippen molar-refractivity contribution in [2.24, 2.45) is 0 Å². The number of rotatable bonds is 5. The molecule has 1 saturated heterocycles. The molecule has 2 aromatic carbocycles. The predicted molar refractivity (Wildman–Crippen MR) is 107 cm³/mol. The van der Waals surface area contributed by atoms with E-state index in [1.54, 1.807) is 35.6 Å². The first kappa shape index (κ1) is 18.4. The van der Waals surface area contributed by atoms with Gasteiger partial charge in [-0.3, -0.25) is 4.79 Å². The van der Waals surface area contributed by atoms with Gasteiger partial charge in [0, 0.05) is 0 Å². The second-order valence-corrected chi connectivity index (χ2v) is 7.89. The molecule has 1 aromatic heterocycles. The molecule has 28 heavy (non-hydrogen) atoms. The largest absolute Gasteiger partial charge is 0.482 e. The van der Waals surface area contributed by atoms with Gasteiger partial charge < -0.3 is 14.5 Å². The fourth-order valence-corrected chi connectivity index (χ4v) is 4.41. The fraction of sp³-hybridized carbons (Fsp3) is 0.286. The predicted octanol–water partition coefficient (Wildman–Crippen LogP) is 1.47. The quantitative estimate of drug-likeness (QED) is 0.713. The summed E-state index contributed by atoms with van der Waals surface area (Å²) in [6.45, 7) is 4.08. The molecule has 1 fully saturated rings. The van der Waals surface area contributed by atoms with Gasteiger partial charge in [-0.15, -0.1) is 11.3 Å². The highest BCUT2D eigenvalue weighted by molar-refractivity contribution is 7.18. The third-order valence-corrected chi connectivity index (χ3v) is 5.96. The molecular weight excluding hydrogens is 372 g/mol. The summed E-state index contributed by atoms with van der Waals surface area (Å²) < 4.78 is 6.79. The van der Waals surface area contributed by atoms with Crippen molar-refractivity contribution < 1.29 is 14.4 Å². The zero-order chi connectivity index (χ0) is 19.3. The highest BCUT2D eigenvalue weighted by Crippen LogP contribution is 2.21. The Morgan fingerprint density at radius 1 is 1.18 bits per heavy atom. The van der Waals surface area contributed by atoms with Crippen molar-refractivity contribution in [3.63, 3.8) is 0 Å². The minimum atomic E-state index is -0.0358. The first-order valence-corrected chi connectivity index (χ1v) is 10.1. The first-order valence-electron chi connectivity index (χ1n) is 9.30. The van der Waals surface area contributed by atoms with Crippen LogP contribution in [-0.2, 0) is 11.3 Å². The first-order chi connectivity index (χ1) is 13.7. The maximum Gasteiger partial charge on any atom is 0.260 e. The Balaban J connectivity index is 1.27. The summed E-state index contributed by atoms with van der Waals surface area (Å²) in [4.78, 5) is 20.5. The van der Waals surface area contributed by atoms with Gasteiger partial charge in [0.1, 0.15) is 23.4 Å². The Morgan fingerprint density at radius 2 is 1.93 bits per heavy atom. The van der Waals surface area contributed by atoms with Crippen LogP contribution in [0.5, 0.6) is 5.75 Å². The fourth-order valence-electron chi connectivity index (χ4n) is 3.37. The molecule has 6 nitrogen and oxygen atoms in total. The number of nitrogens with one attached hydrogen (secondary N) is 1. The van der Waals surface area contributed by atoms with Crippen LogP contribution >= 0.6 is 11.3 Å². The molecular formula is C21H21N4O2S+. The highest BCUT2D eigenvalue weighted by Gasteiger charge is 2.25. The number of carbonyl (C=O) groups excluding carboxylic acids is 1. The Kier molecular flexibility index (Phi) is 5.51. The Bertz CT molecular complexity index is 985. The van der Waals surface area contributed by atoms with Crippen LogP contribution in [0.15, 0.2) is 48.5 Å². The highest BCUT2D eigenvalue weighted by atomic mass is 32.1. The lowest BCUT2D eigenvalue weighted by Crippen LogP contribution is -3.13. The second-order valence-electron chi connectivity index (χ2n) is 6.78. The lowest BCUT2D eigenvalue weighted by Gasteiger charge is -2.31. The van der Waals surface area contributed by atoms with Crippen molar-refractivity contribution in [1.82, 2.24) is 9.88 Å². The van der Waals surface area contributed by atoms with E-state index >= 15 is 0 Å². The number of hydrogen-bond acceptors (Lipinski definition) is 5. The summed E-state index contributed by atoms with van der Waals surface area (Å²) in [5.74, 6) is 0.422. The molecule has 1 N–H and O–H groups in total. The number of para-hydroxylation sites is 2. The minimum Gasteiger partial charge on any atom is -0.482 e. The number of nitriles is 1. The topological polar surface area (TPSA) is 70.7 Å². The van der Waals surface area contributed by atoms with Gasteiger partial charge >= 0.3 is 0 Å². The third kappa shape index (κ3) is 4.14. The van der Waals surface area contributed by atoms with Crippen LogP contribution in [0.25, 0.3) is 10.2 Å². The van der Waals surface area contributed by atoms with Crippen molar-refractivity contribution in [3.8, 4) is 11.8 Å². The van der Waals surface area contributed by atoms with E-state index in [4.69, 9.17) is 15.0 Å². The standard InChI is InChI=1S/C21H20N4O2S/c22-13-16-5-1-3-7-18(16)27-15-21(26)25-11-9-24(10-12-25)14-20-23-17-6-2-4-8-19(17)28-20/h1-8H,9-12,14-15H2/p+1. The van der Waals surface area contributed by atoms with Crippen LogP contribution in [0.4, 0.5) is 0 Å². The monoisotopic (exact) mass is 393 g/mol. The summed E-state index contributed by atoms with van der Waals surface area (Å²) in [6.07, 6.45) is 0. The number of amides is 1. The van der Waals surface area contributed by atoms with Crippen LogP contribution in [0.1, 0.15) is 10.6 Å². The van der Waals surface area contributed by atoms with E-state index in [-0.39, 0.29) is 12.5 Å². The lowest BCUT2D eigenvalue weighted by molar-refractivity contribution is -0.917. The van der Waals surface area contributed by atoms with Gasteiger partial charge in [-0.05, 0) is 24.3 Å². The molecule has 4 rings (SSSR count). The molecule has 0 saturated carbocycles. The van der Waals surface area contributed by atoms with Crippen LogP contribution in [0, 0.1) is 11.3 Å². The normalized spacial score (nSPS) is 14.8. The van der Waals surface area contributed by atoms with E-state index < -0.39 is 0 Å². The molecule has 1 aliphatic heterocycles. The van der Waals surface area contributed by atoms with Gasteiger partial charge in [0.2, 0.25) is 0 Å². The molecule has 1 aliphatic rings. The molecule has 3 aromatic rings. The Labute approximate surface area is 167 Å². The number of piperazine rings is 1. The summed E-state index contributed by atoms with van der Waals surface area (Å²) in [5.41, 5.74) is 1.51. The number of ether oxygens (including phenoxy) is 1. The number of hydrogen-bond donors (Lipinski definition) is 1. The van der Waals surface area contributed by atoms with Crippen molar-refractivity contribution in [2.45, 2.75) is 6.54 Å². The van der Waals surface area contributed by atoms with E-state index in [0.29, 0.717) is 24.4 Å². The summed E-state index contributed by atoms with van der Waals surface area (Å²) >= 11 is 1.75. The van der Waals surface area contributed by atoms with Crippen molar-refractivity contribution in [2.75, 3.05) is 32.8 Å². The zero-order valence-electron chi connectivity index (χ0n) is 15.4. The van der Waals surface area contributed by atoms with Crippen molar-refractivity contribution in [3.05, 3.63) is 59.1 Å². The minimum absolute atomic E-state index is 0.0354. The Hall–Kier alpha value is -2.95. The summed E-state index contributed by atoms with van der Waals surface area (Å²) in [5, 5.41) is 10.2. The molecule has 0 bridgehead atoms. The summed E-state index contributed by atoms with van der Waals surface area (Å²) in [7, 11) is 0. The van der Waals surface area contributed by atoms with E-state index in [9.17, 15) is 4.79 Å². The van der Waals surface area contributed by atoms with Crippen LogP contribution in [0.2, 0.25) is 0 Å². The SMILES string of the molecule is N#Cc1ccccc1OCC(=O)N1CC[NH+](Cc2nc3ccccc3s2)CC1. The third-order valence-electron chi connectivity index (χ3n) is 4.92. The van der Waals surface area contributed by atoms with E-state index in [1.165, 1.54) is 9.60 Å². The molecule has 0 atom stereocenters. The smallest absolute Gasteiger partial charge is 0.260 e. The number of thiazole rings is 1. The Morgan fingerprint density at radius 3 is 2.71 bits per heavy atom. The molecule has 142 valence electrons. The molecule has 0 radical (unpaired) electrons. The second kappa shape index (κ2) is 8.38. The van der Waals surface area contributed by atoms with E-state index in [0.717, 1.165) is 30.2 Å². The number of fused-ring (bicyclic) bond motifs is 1. The van der Waals surface area contributed by atoms with E-state index in [2.05, 4.69) is 12.1 Å². The molecule has 7 heteroatoms. The number of quaternary nitrogens is 1. The van der Waals surface area contributed by atoms with Crippen LogP contribution in [0.3, 0.4) is 0 Å². The zero-order valence-corrected chi connectivity index (χ0v) is 16.2. The average molecular weight is 393 g/mol. The van der Waals surface area contributed by atoms with E-state index in [1.807, 2.05) is 23.1 Å². The van der Waals surface area contributed by atoms with Gasteiger partial charge in [0.15, 0.2) is 6.61 Å². The van der Waals surface area contributed by atoms with Gasteiger partial charge in [-0.1, -0.05) is 24.3 Å². The van der Waals surface area contributed by atoms with Gasteiger partial charge in [-0.25, -0.2) is 4.98 Å². The number of benzene rings is 2. The molecule has 1 amide bonds. The van der Waals surface area contributed by atoms with Gasteiger partial charge in [-0.2, -0.15) is 5.26 Å². The molecule has 2 heterocycles. The number of carbonyl (C=O) groups is 1. The summed E-state index contributed by atoms with van der Waals surface area (Å²) in [6, 6.07) is 17.3. The maximum absolute atomic E-state index is 12.5. The van der Waals surface area contributed by atoms with Crippen LogP contribution < -0.4 is 9.64 Å². The number of nitrogens with zero attached hydrogens (tertiary/aromatic N) is 3. The molecule has 0 spiro atoms. The van der Waals surface area contributed by atoms with Crippen molar-refractivity contribution >= 4 is 27.5 Å². The average Bonchev–Trinajstić information content (AvgIpc) is 3.15. The van der Waals surface area contributed by atoms with Crippen LogP contribution in [-0.4, -0.2) is 48.6 Å². The molecule has 0 unspecified atom stereocenters. The molecule has 0 aliphatic carbocycles. The maximum atomic E-state index is 12.5. The number of aromatic nitrogens is 1.